The van der Waals surface area contributed by atoms with Crippen LogP contribution in [0, 0.1) is 0 Å². The minimum atomic E-state index is 0.667. The lowest BCUT2D eigenvalue weighted by Gasteiger charge is -2.22. The van der Waals surface area contributed by atoms with Crippen molar-refractivity contribution in [2.24, 2.45) is 7.05 Å². The van der Waals surface area contributed by atoms with Gasteiger partial charge in [-0.05, 0) is 36.9 Å². The van der Waals surface area contributed by atoms with Crippen molar-refractivity contribution in [3.63, 3.8) is 0 Å². The van der Waals surface area contributed by atoms with E-state index < -0.39 is 0 Å². The van der Waals surface area contributed by atoms with Crippen LogP contribution in [0.4, 0.5) is 0 Å². The van der Waals surface area contributed by atoms with E-state index in [0.717, 1.165) is 6.54 Å². The van der Waals surface area contributed by atoms with E-state index in [0.29, 0.717) is 5.92 Å². The van der Waals surface area contributed by atoms with Gasteiger partial charge in [-0.15, -0.1) is 0 Å². The predicted octanol–water partition coefficient (Wildman–Crippen LogP) is 2.04. The van der Waals surface area contributed by atoms with Crippen molar-refractivity contribution in [1.29, 1.82) is 0 Å². The average molecular weight is 215 g/mol. The van der Waals surface area contributed by atoms with Crippen LogP contribution in [0.15, 0.2) is 24.7 Å². The largest absolute Gasteiger partial charge is 0.349 e. The van der Waals surface area contributed by atoms with Crippen LogP contribution in [0.25, 0.3) is 10.9 Å². The molecule has 1 aliphatic rings. The molecule has 1 unspecified atom stereocenters. The second-order valence-electron chi connectivity index (χ2n) is 4.63. The van der Waals surface area contributed by atoms with E-state index >= 15 is 0 Å². The van der Waals surface area contributed by atoms with E-state index in [1.54, 1.807) is 0 Å². The summed E-state index contributed by atoms with van der Waals surface area (Å²) < 4.78 is 2.19. The Bertz CT molecular complexity index is 495. The minimum Gasteiger partial charge on any atom is -0.349 e. The molecule has 3 nitrogen and oxygen atoms in total. The van der Waals surface area contributed by atoms with Crippen molar-refractivity contribution in [2.75, 3.05) is 13.1 Å². The molecule has 84 valence electrons. The number of pyridine rings is 1. The van der Waals surface area contributed by atoms with E-state index in [1.807, 2.05) is 12.4 Å². The second kappa shape index (κ2) is 3.91. The highest BCUT2D eigenvalue weighted by Crippen LogP contribution is 2.30. The lowest BCUT2D eigenvalue weighted by molar-refractivity contribution is 0.463. The molecule has 1 saturated heterocycles. The third kappa shape index (κ3) is 1.52. The van der Waals surface area contributed by atoms with Gasteiger partial charge in [0.25, 0.3) is 0 Å². The maximum absolute atomic E-state index is 4.20. The fourth-order valence-electron chi connectivity index (χ4n) is 2.70. The molecule has 1 N–H and O–H groups in total. The summed E-state index contributed by atoms with van der Waals surface area (Å²) in [4.78, 5) is 4.20. The lowest BCUT2D eigenvalue weighted by atomic mass is 9.92. The normalized spacial score (nSPS) is 21.4. The van der Waals surface area contributed by atoms with Crippen LogP contribution in [-0.2, 0) is 7.05 Å². The highest BCUT2D eigenvalue weighted by Gasteiger charge is 2.19. The summed E-state index contributed by atoms with van der Waals surface area (Å²) in [5.74, 6) is 0.667. The Morgan fingerprint density at radius 1 is 1.50 bits per heavy atom. The van der Waals surface area contributed by atoms with Gasteiger partial charge in [0.05, 0.1) is 11.7 Å². The van der Waals surface area contributed by atoms with Crippen LogP contribution < -0.4 is 5.32 Å². The van der Waals surface area contributed by atoms with Gasteiger partial charge in [0.2, 0.25) is 0 Å². The van der Waals surface area contributed by atoms with E-state index in [1.165, 1.54) is 35.9 Å². The van der Waals surface area contributed by atoms with Crippen LogP contribution in [0.2, 0.25) is 0 Å². The molecule has 0 amide bonds. The van der Waals surface area contributed by atoms with E-state index in [2.05, 4.69) is 34.2 Å². The first kappa shape index (κ1) is 9.85. The van der Waals surface area contributed by atoms with E-state index in [-0.39, 0.29) is 0 Å². The number of aryl methyl sites for hydroxylation is 1. The molecule has 0 saturated carbocycles. The minimum absolute atomic E-state index is 0.667. The molecular formula is C13H17N3. The monoisotopic (exact) mass is 215 g/mol. The number of piperidine rings is 1. The zero-order valence-corrected chi connectivity index (χ0v) is 9.61. The zero-order valence-electron chi connectivity index (χ0n) is 9.61. The third-order valence-corrected chi connectivity index (χ3v) is 3.56. The topological polar surface area (TPSA) is 29.9 Å². The summed E-state index contributed by atoms with van der Waals surface area (Å²) >= 11 is 0. The second-order valence-corrected chi connectivity index (χ2v) is 4.63. The van der Waals surface area contributed by atoms with Gasteiger partial charge in [-0.2, -0.15) is 0 Å². The Morgan fingerprint density at radius 3 is 3.25 bits per heavy atom. The smallest absolute Gasteiger partial charge is 0.0667 e. The molecule has 2 aromatic rings. The molecule has 1 fully saturated rings. The summed E-state index contributed by atoms with van der Waals surface area (Å²) in [6.45, 7) is 2.28. The number of hydrogen-bond acceptors (Lipinski definition) is 2. The molecule has 1 atom stereocenters. The molecule has 1 aliphatic heterocycles. The number of rotatable bonds is 1. The van der Waals surface area contributed by atoms with Gasteiger partial charge in [0, 0.05) is 31.4 Å². The molecule has 0 spiro atoms. The molecule has 0 bridgehead atoms. The Morgan fingerprint density at radius 2 is 2.44 bits per heavy atom. The van der Waals surface area contributed by atoms with E-state index in [9.17, 15) is 0 Å². The first-order valence-electron chi connectivity index (χ1n) is 5.96. The highest BCUT2D eigenvalue weighted by molar-refractivity contribution is 5.83. The van der Waals surface area contributed by atoms with Gasteiger partial charge in [-0.1, -0.05) is 0 Å². The summed E-state index contributed by atoms with van der Waals surface area (Å²) in [6, 6.07) is 2.14. The van der Waals surface area contributed by atoms with Gasteiger partial charge in [0.15, 0.2) is 0 Å². The van der Waals surface area contributed by atoms with Crippen LogP contribution in [0.3, 0.4) is 0 Å². The van der Waals surface area contributed by atoms with Crippen LogP contribution in [-0.4, -0.2) is 22.6 Å². The Hall–Kier alpha value is -1.35. The fraction of sp³-hybridized carbons (Fsp3) is 0.462. The number of nitrogens with zero attached hydrogens (tertiary/aromatic N) is 2. The van der Waals surface area contributed by atoms with E-state index in [4.69, 9.17) is 0 Å². The quantitative estimate of drug-likeness (QED) is 0.789. The number of nitrogens with one attached hydrogen (secondary N) is 1. The molecule has 2 aromatic heterocycles. The Labute approximate surface area is 95.5 Å². The Balaban J connectivity index is 2.08. The van der Waals surface area contributed by atoms with Crippen molar-refractivity contribution in [1.82, 2.24) is 14.9 Å². The Kier molecular flexibility index (Phi) is 2.40. The van der Waals surface area contributed by atoms with Crippen molar-refractivity contribution in [3.05, 3.63) is 30.2 Å². The summed E-state index contributed by atoms with van der Waals surface area (Å²) in [5.41, 5.74) is 2.72. The fourth-order valence-corrected chi connectivity index (χ4v) is 2.70. The standard InChI is InChI=1S/C13H17N3/c1-16-9-12(10-3-2-5-14-7-10)11-4-6-15-8-13(11)16/h4,6,8-10,14H,2-3,5,7H2,1H3. The van der Waals surface area contributed by atoms with Crippen molar-refractivity contribution < 1.29 is 0 Å². The van der Waals surface area contributed by atoms with Gasteiger partial charge in [-0.25, -0.2) is 0 Å². The maximum Gasteiger partial charge on any atom is 0.0667 e. The van der Waals surface area contributed by atoms with Gasteiger partial charge >= 0.3 is 0 Å². The first-order chi connectivity index (χ1) is 7.86. The maximum atomic E-state index is 4.20. The van der Waals surface area contributed by atoms with Crippen molar-refractivity contribution in [2.45, 2.75) is 18.8 Å². The van der Waals surface area contributed by atoms with Gasteiger partial charge in [-0.3, -0.25) is 4.98 Å². The zero-order chi connectivity index (χ0) is 11.0. The van der Waals surface area contributed by atoms with Crippen molar-refractivity contribution >= 4 is 10.9 Å². The molecule has 3 heteroatoms. The van der Waals surface area contributed by atoms with Crippen LogP contribution >= 0.6 is 0 Å². The molecule has 0 radical (unpaired) electrons. The number of hydrogen-bond donors (Lipinski definition) is 1. The van der Waals surface area contributed by atoms with Crippen LogP contribution in [0.1, 0.15) is 24.3 Å². The highest BCUT2D eigenvalue weighted by atomic mass is 14.9. The average Bonchev–Trinajstić information content (AvgIpc) is 2.69. The SMILES string of the molecule is Cn1cc(C2CCCNC2)c2ccncc21. The van der Waals surface area contributed by atoms with Crippen molar-refractivity contribution in [3.8, 4) is 0 Å². The third-order valence-electron chi connectivity index (χ3n) is 3.56. The summed E-state index contributed by atoms with van der Waals surface area (Å²) in [7, 11) is 2.10. The summed E-state index contributed by atoms with van der Waals surface area (Å²) in [6.07, 6.45) is 8.70. The lowest BCUT2D eigenvalue weighted by Crippen LogP contribution is -2.28. The number of fused-ring (bicyclic) bond motifs is 1. The number of aromatic nitrogens is 2. The summed E-state index contributed by atoms with van der Waals surface area (Å²) in [5, 5.41) is 4.85. The van der Waals surface area contributed by atoms with Crippen LogP contribution in [0.5, 0.6) is 0 Å². The molecule has 3 rings (SSSR count). The molecule has 0 aromatic carbocycles. The predicted molar refractivity (Wildman–Crippen MR) is 65.6 cm³/mol. The molecule has 3 heterocycles. The molecular weight excluding hydrogens is 198 g/mol. The first-order valence-corrected chi connectivity index (χ1v) is 5.96. The van der Waals surface area contributed by atoms with Gasteiger partial charge < -0.3 is 9.88 Å². The molecule has 16 heavy (non-hydrogen) atoms. The molecule has 0 aliphatic carbocycles. The van der Waals surface area contributed by atoms with Gasteiger partial charge in [0.1, 0.15) is 0 Å².